The molecular formula is C14H18BrN. The highest BCUT2D eigenvalue weighted by atomic mass is 79.9. The molecule has 2 saturated carbocycles. The van der Waals surface area contributed by atoms with Gasteiger partial charge >= 0.3 is 0 Å². The van der Waals surface area contributed by atoms with Gasteiger partial charge in [-0.2, -0.15) is 0 Å². The summed E-state index contributed by atoms with van der Waals surface area (Å²) < 4.78 is 1.29. The van der Waals surface area contributed by atoms with Crippen molar-refractivity contribution in [1.82, 2.24) is 0 Å². The smallest absolute Gasteiger partial charge is 0.0213 e. The van der Waals surface area contributed by atoms with E-state index in [1.807, 2.05) is 0 Å². The van der Waals surface area contributed by atoms with Gasteiger partial charge in [-0.15, -0.1) is 0 Å². The van der Waals surface area contributed by atoms with Crippen LogP contribution in [0.25, 0.3) is 0 Å². The van der Waals surface area contributed by atoms with Crippen molar-refractivity contribution in [2.24, 2.45) is 5.73 Å². The molecule has 1 unspecified atom stereocenters. The van der Waals surface area contributed by atoms with E-state index in [2.05, 4.69) is 41.1 Å². The number of hydrogen-bond donors (Lipinski definition) is 1. The van der Waals surface area contributed by atoms with Crippen LogP contribution in [0.2, 0.25) is 0 Å². The minimum Gasteiger partial charge on any atom is -0.327 e. The molecule has 0 aliphatic heterocycles. The van der Waals surface area contributed by atoms with Gasteiger partial charge in [-0.05, 0) is 55.7 Å². The fourth-order valence-corrected chi connectivity index (χ4v) is 3.41. The van der Waals surface area contributed by atoms with Gasteiger partial charge in [0.05, 0.1) is 0 Å². The van der Waals surface area contributed by atoms with Crippen LogP contribution in [-0.4, -0.2) is 6.04 Å². The molecule has 2 aliphatic carbocycles. The molecule has 3 rings (SSSR count). The summed E-state index contributed by atoms with van der Waals surface area (Å²) in [6, 6.07) is 7.18. The maximum absolute atomic E-state index is 6.11. The van der Waals surface area contributed by atoms with Gasteiger partial charge in [-0.3, -0.25) is 0 Å². The first-order chi connectivity index (χ1) is 7.63. The van der Waals surface area contributed by atoms with Gasteiger partial charge in [0.1, 0.15) is 0 Å². The molecule has 2 fully saturated rings. The van der Waals surface area contributed by atoms with Crippen molar-refractivity contribution in [3.63, 3.8) is 0 Å². The SMILES string of the molecule is CC(N)C1(c2ccc(C3CC3)c(Br)c2)CC1. The van der Waals surface area contributed by atoms with E-state index in [0.717, 1.165) is 5.92 Å². The van der Waals surface area contributed by atoms with E-state index in [-0.39, 0.29) is 11.5 Å². The Kier molecular flexibility index (Phi) is 2.41. The van der Waals surface area contributed by atoms with Gasteiger partial charge in [0.2, 0.25) is 0 Å². The van der Waals surface area contributed by atoms with Crippen molar-refractivity contribution in [2.45, 2.75) is 50.0 Å². The standard InChI is InChI=1S/C14H18BrN/c1-9(16)14(6-7-14)11-4-5-12(10-2-3-10)13(15)8-11/h4-5,8-10H,2-3,6-7,16H2,1H3. The van der Waals surface area contributed by atoms with Crippen LogP contribution in [0.4, 0.5) is 0 Å². The highest BCUT2D eigenvalue weighted by molar-refractivity contribution is 9.10. The molecule has 2 N–H and O–H groups in total. The van der Waals surface area contributed by atoms with E-state index < -0.39 is 0 Å². The van der Waals surface area contributed by atoms with Gasteiger partial charge in [0.25, 0.3) is 0 Å². The van der Waals surface area contributed by atoms with E-state index in [1.54, 1.807) is 0 Å². The second-order valence-electron chi connectivity index (χ2n) is 5.46. The predicted octanol–water partition coefficient (Wildman–Crippen LogP) is 3.71. The summed E-state index contributed by atoms with van der Waals surface area (Å²) in [5, 5.41) is 0. The molecular weight excluding hydrogens is 262 g/mol. The molecule has 16 heavy (non-hydrogen) atoms. The molecule has 0 aromatic heterocycles. The molecule has 1 atom stereocenters. The van der Waals surface area contributed by atoms with Crippen molar-refractivity contribution in [3.8, 4) is 0 Å². The average Bonchev–Trinajstić information content (AvgIpc) is 3.12. The molecule has 0 radical (unpaired) electrons. The number of rotatable bonds is 3. The molecule has 86 valence electrons. The minimum absolute atomic E-state index is 0.270. The van der Waals surface area contributed by atoms with E-state index >= 15 is 0 Å². The van der Waals surface area contributed by atoms with Crippen LogP contribution >= 0.6 is 15.9 Å². The molecule has 0 bridgehead atoms. The molecule has 0 saturated heterocycles. The van der Waals surface area contributed by atoms with Crippen LogP contribution in [0.1, 0.15) is 49.7 Å². The highest BCUT2D eigenvalue weighted by Crippen LogP contribution is 2.52. The van der Waals surface area contributed by atoms with Crippen molar-refractivity contribution in [2.75, 3.05) is 0 Å². The fraction of sp³-hybridized carbons (Fsp3) is 0.571. The Morgan fingerprint density at radius 1 is 1.38 bits per heavy atom. The normalized spacial score (nSPS) is 24.2. The van der Waals surface area contributed by atoms with Crippen LogP contribution in [0.3, 0.4) is 0 Å². The lowest BCUT2D eigenvalue weighted by Crippen LogP contribution is -2.31. The monoisotopic (exact) mass is 279 g/mol. The van der Waals surface area contributed by atoms with Crippen molar-refractivity contribution in [1.29, 1.82) is 0 Å². The third kappa shape index (κ3) is 1.63. The number of nitrogens with two attached hydrogens (primary N) is 1. The fourth-order valence-electron chi connectivity index (χ4n) is 2.70. The summed E-state index contributed by atoms with van der Waals surface area (Å²) >= 11 is 3.72. The molecule has 1 aromatic carbocycles. The third-order valence-electron chi connectivity index (χ3n) is 4.25. The molecule has 1 nitrogen and oxygen atoms in total. The lowest BCUT2D eigenvalue weighted by molar-refractivity contribution is 0.556. The van der Waals surface area contributed by atoms with Crippen LogP contribution < -0.4 is 5.73 Å². The first-order valence-electron chi connectivity index (χ1n) is 6.19. The molecule has 1 aromatic rings. The lowest BCUT2D eigenvalue weighted by atomic mass is 9.88. The quantitative estimate of drug-likeness (QED) is 0.897. The number of halogens is 1. The minimum atomic E-state index is 0.270. The number of benzene rings is 1. The molecule has 0 heterocycles. The zero-order valence-electron chi connectivity index (χ0n) is 9.67. The van der Waals surface area contributed by atoms with E-state index in [0.29, 0.717) is 0 Å². The first-order valence-corrected chi connectivity index (χ1v) is 6.98. The second kappa shape index (κ2) is 3.58. The topological polar surface area (TPSA) is 26.0 Å². The summed E-state index contributed by atoms with van der Waals surface area (Å²) in [5.74, 6) is 0.814. The Balaban J connectivity index is 1.94. The Morgan fingerprint density at radius 3 is 2.50 bits per heavy atom. The largest absolute Gasteiger partial charge is 0.327 e. The highest BCUT2D eigenvalue weighted by Gasteiger charge is 2.47. The maximum Gasteiger partial charge on any atom is 0.0213 e. The zero-order valence-corrected chi connectivity index (χ0v) is 11.3. The summed E-state index contributed by atoms with van der Waals surface area (Å²) in [7, 11) is 0. The predicted molar refractivity (Wildman–Crippen MR) is 70.7 cm³/mol. The van der Waals surface area contributed by atoms with Crippen molar-refractivity contribution in [3.05, 3.63) is 33.8 Å². The van der Waals surface area contributed by atoms with Crippen LogP contribution in [0.5, 0.6) is 0 Å². The molecule has 2 aliphatic rings. The van der Waals surface area contributed by atoms with Gasteiger partial charge in [0, 0.05) is 15.9 Å². The molecule has 0 spiro atoms. The van der Waals surface area contributed by atoms with Gasteiger partial charge < -0.3 is 5.73 Å². The second-order valence-corrected chi connectivity index (χ2v) is 6.31. The lowest BCUT2D eigenvalue weighted by Gasteiger charge is -2.21. The Bertz CT molecular complexity index is 417. The zero-order chi connectivity index (χ0) is 11.3. The average molecular weight is 280 g/mol. The van der Waals surface area contributed by atoms with Gasteiger partial charge in [0.15, 0.2) is 0 Å². The van der Waals surface area contributed by atoms with E-state index in [1.165, 1.54) is 41.3 Å². The van der Waals surface area contributed by atoms with E-state index in [9.17, 15) is 0 Å². The Hall–Kier alpha value is -0.340. The molecule has 0 amide bonds. The Labute approximate surface area is 106 Å². The summed E-state index contributed by atoms with van der Waals surface area (Å²) in [4.78, 5) is 0. The van der Waals surface area contributed by atoms with Crippen molar-refractivity contribution >= 4 is 15.9 Å². The van der Waals surface area contributed by atoms with Crippen LogP contribution in [0.15, 0.2) is 22.7 Å². The number of hydrogen-bond acceptors (Lipinski definition) is 1. The van der Waals surface area contributed by atoms with E-state index in [4.69, 9.17) is 5.73 Å². The van der Waals surface area contributed by atoms with Gasteiger partial charge in [-0.25, -0.2) is 0 Å². The maximum atomic E-state index is 6.11. The summed E-state index contributed by atoms with van der Waals surface area (Å²) in [6.07, 6.45) is 5.21. The molecule has 2 heteroatoms. The summed E-state index contributed by atoms with van der Waals surface area (Å²) in [6.45, 7) is 2.13. The van der Waals surface area contributed by atoms with Crippen molar-refractivity contribution < 1.29 is 0 Å². The van der Waals surface area contributed by atoms with Crippen LogP contribution in [-0.2, 0) is 5.41 Å². The summed E-state index contributed by atoms with van der Waals surface area (Å²) in [5.41, 5.74) is 9.31. The van der Waals surface area contributed by atoms with Crippen LogP contribution in [0, 0.1) is 0 Å². The van der Waals surface area contributed by atoms with Gasteiger partial charge in [-0.1, -0.05) is 28.1 Å². The first kappa shape index (κ1) is 10.8. The third-order valence-corrected chi connectivity index (χ3v) is 4.94. The Morgan fingerprint density at radius 2 is 2.06 bits per heavy atom.